The van der Waals surface area contributed by atoms with Crippen molar-refractivity contribution in [3.05, 3.63) is 84.3 Å². The average molecular weight is 449 g/mol. The van der Waals surface area contributed by atoms with Crippen LogP contribution in [0.15, 0.2) is 78.1 Å². The highest BCUT2D eigenvalue weighted by Crippen LogP contribution is 2.28. The highest BCUT2D eigenvalue weighted by Gasteiger charge is 2.26. The van der Waals surface area contributed by atoms with Crippen LogP contribution in [0, 0.1) is 5.92 Å². The molecule has 6 nitrogen and oxygen atoms in total. The third kappa shape index (κ3) is 4.53. The summed E-state index contributed by atoms with van der Waals surface area (Å²) in [5.74, 6) is 0.183. The van der Waals surface area contributed by atoms with Crippen LogP contribution in [0.3, 0.4) is 0 Å². The van der Waals surface area contributed by atoms with Gasteiger partial charge in [0.2, 0.25) is 0 Å². The molecule has 0 unspecified atom stereocenters. The van der Waals surface area contributed by atoms with Gasteiger partial charge in [0.05, 0.1) is 28.8 Å². The Balaban J connectivity index is 1.69. The standard InChI is InChI=1S/C25H28N4O2S/c1-4-20-5-7-23(8-6-20)29(17-19(2)3)32(30,31)24-9-10-25-22(15-24)16-27-28(25)18-21-11-13-26-14-12-21/h5-16,19H,4,17-18H2,1-3H3. The molecule has 0 atom stereocenters. The highest BCUT2D eigenvalue weighted by atomic mass is 32.2. The highest BCUT2D eigenvalue weighted by molar-refractivity contribution is 7.92. The lowest BCUT2D eigenvalue weighted by Crippen LogP contribution is -2.34. The third-order valence-electron chi connectivity index (χ3n) is 5.45. The van der Waals surface area contributed by atoms with Gasteiger partial charge in [0.15, 0.2) is 0 Å². The van der Waals surface area contributed by atoms with Crippen molar-refractivity contribution in [3.63, 3.8) is 0 Å². The van der Waals surface area contributed by atoms with Gasteiger partial charge in [-0.3, -0.25) is 14.0 Å². The Morgan fingerprint density at radius 2 is 1.69 bits per heavy atom. The van der Waals surface area contributed by atoms with Gasteiger partial charge in [-0.05, 0) is 65.9 Å². The van der Waals surface area contributed by atoms with Crippen LogP contribution in [0.4, 0.5) is 5.69 Å². The summed E-state index contributed by atoms with van der Waals surface area (Å²) < 4.78 is 30.7. The fourth-order valence-corrected chi connectivity index (χ4v) is 5.38. The van der Waals surface area contributed by atoms with E-state index in [0.29, 0.717) is 18.8 Å². The quantitative estimate of drug-likeness (QED) is 0.385. The summed E-state index contributed by atoms with van der Waals surface area (Å²) in [6.45, 7) is 7.14. The lowest BCUT2D eigenvalue weighted by atomic mass is 10.1. The minimum atomic E-state index is -3.72. The van der Waals surface area contributed by atoms with Crippen molar-refractivity contribution in [2.45, 2.75) is 38.6 Å². The maximum Gasteiger partial charge on any atom is 0.264 e. The Morgan fingerprint density at radius 1 is 0.969 bits per heavy atom. The number of rotatable bonds is 8. The minimum Gasteiger partial charge on any atom is -0.266 e. The largest absolute Gasteiger partial charge is 0.266 e. The fraction of sp³-hybridized carbons (Fsp3) is 0.280. The molecule has 0 amide bonds. The van der Waals surface area contributed by atoms with E-state index in [1.54, 1.807) is 30.7 Å². The van der Waals surface area contributed by atoms with E-state index in [0.717, 1.165) is 22.9 Å². The van der Waals surface area contributed by atoms with Crippen molar-refractivity contribution in [1.29, 1.82) is 0 Å². The molecule has 4 rings (SSSR count). The monoisotopic (exact) mass is 448 g/mol. The van der Waals surface area contributed by atoms with E-state index in [1.807, 2.05) is 61.0 Å². The Kier molecular flexibility index (Phi) is 6.28. The molecule has 2 aromatic carbocycles. The third-order valence-corrected chi connectivity index (χ3v) is 7.24. The van der Waals surface area contributed by atoms with Gasteiger partial charge in [-0.15, -0.1) is 0 Å². The minimum absolute atomic E-state index is 0.183. The second kappa shape index (κ2) is 9.12. The molecular formula is C25H28N4O2S. The second-order valence-electron chi connectivity index (χ2n) is 8.33. The van der Waals surface area contributed by atoms with Crippen LogP contribution in [0.25, 0.3) is 10.9 Å². The molecule has 0 bridgehead atoms. The van der Waals surface area contributed by atoms with Crippen molar-refractivity contribution in [3.8, 4) is 0 Å². The first-order valence-corrected chi connectivity index (χ1v) is 12.3. The molecule has 0 aliphatic carbocycles. The molecule has 0 spiro atoms. The topological polar surface area (TPSA) is 68.1 Å². The van der Waals surface area contributed by atoms with E-state index < -0.39 is 10.0 Å². The number of hydrogen-bond donors (Lipinski definition) is 0. The fourth-order valence-electron chi connectivity index (χ4n) is 3.71. The van der Waals surface area contributed by atoms with Crippen molar-refractivity contribution < 1.29 is 8.42 Å². The zero-order chi connectivity index (χ0) is 22.7. The number of benzene rings is 2. The molecule has 0 radical (unpaired) electrons. The number of aryl methyl sites for hydroxylation is 1. The normalized spacial score (nSPS) is 11.9. The van der Waals surface area contributed by atoms with Gasteiger partial charge in [-0.1, -0.05) is 32.9 Å². The number of pyridine rings is 1. The van der Waals surface area contributed by atoms with E-state index in [4.69, 9.17) is 0 Å². The molecule has 0 aliphatic heterocycles. The lowest BCUT2D eigenvalue weighted by Gasteiger charge is -2.26. The molecule has 2 aromatic heterocycles. The van der Waals surface area contributed by atoms with Gasteiger partial charge in [0.1, 0.15) is 0 Å². The van der Waals surface area contributed by atoms with Crippen LogP contribution in [-0.4, -0.2) is 29.7 Å². The SMILES string of the molecule is CCc1ccc(N(CC(C)C)S(=O)(=O)c2ccc3c(cnn3Cc3ccncc3)c2)cc1. The average Bonchev–Trinajstić information content (AvgIpc) is 3.20. The van der Waals surface area contributed by atoms with Crippen LogP contribution >= 0.6 is 0 Å². The summed E-state index contributed by atoms with van der Waals surface area (Å²) in [5, 5.41) is 5.27. The van der Waals surface area contributed by atoms with Crippen molar-refractivity contribution in [2.24, 2.45) is 5.92 Å². The summed E-state index contributed by atoms with van der Waals surface area (Å²) >= 11 is 0. The number of fused-ring (bicyclic) bond motifs is 1. The van der Waals surface area contributed by atoms with Crippen molar-refractivity contribution in [1.82, 2.24) is 14.8 Å². The van der Waals surface area contributed by atoms with Crippen LogP contribution in [0.1, 0.15) is 31.9 Å². The number of nitrogens with zero attached hydrogens (tertiary/aromatic N) is 4. The summed E-state index contributed by atoms with van der Waals surface area (Å²) in [5.41, 5.74) is 3.84. The van der Waals surface area contributed by atoms with Crippen molar-refractivity contribution in [2.75, 3.05) is 10.8 Å². The van der Waals surface area contributed by atoms with E-state index in [-0.39, 0.29) is 10.8 Å². The zero-order valence-corrected chi connectivity index (χ0v) is 19.5. The van der Waals surface area contributed by atoms with Crippen LogP contribution in [0.2, 0.25) is 0 Å². The van der Waals surface area contributed by atoms with Crippen LogP contribution < -0.4 is 4.31 Å². The molecule has 0 fully saturated rings. The second-order valence-corrected chi connectivity index (χ2v) is 10.2. The van der Waals surface area contributed by atoms with Gasteiger partial charge in [0, 0.05) is 24.3 Å². The Morgan fingerprint density at radius 3 is 2.34 bits per heavy atom. The maximum absolute atomic E-state index is 13.7. The van der Waals surface area contributed by atoms with E-state index in [2.05, 4.69) is 17.0 Å². The van der Waals surface area contributed by atoms with E-state index in [9.17, 15) is 8.42 Å². The van der Waals surface area contributed by atoms with Gasteiger partial charge in [-0.2, -0.15) is 5.10 Å². The Bertz CT molecular complexity index is 1300. The lowest BCUT2D eigenvalue weighted by molar-refractivity contribution is 0.578. The van der Waals surface area contributed by atoms with Gasteiger partial charge >= 0.3 is 0 Å². The maximum atomic E-state index is 13.7. The van der Waals surface area contributed by atoms with Crippen LogP contribution in [0.5, 0.6) is 0 Å². The van der Waals surface area contributed by atoms with Gasteiger partial charge in [0.25, 0.3) is 10.0 Å². The smallest absolute Gasteiger partial charge is 0.264 e. The molecule has 7 heteroatoms. The first kappa shape index (κ1) is 22.0. The molecule has 2 heterocycles. The zero-order valence-electron chi connectivity index (χ0n) is 18.6. The molecule has 0 N–H and O–H groups in total. The van der Waals surface area contributed by atoms with Crippen molar-refractivity contribution >= 4 is 26.6 Å². The predicted molar refractivity (Wildman–Crippen MR) is 128 cm³/mol. The molecule has 32 heavy (non-hydrogen) atoms. The molecule has 4 aromatic rings. The first-order valence-electron chi connectivity index (χ1n) is 10.8. The van der Waals surface area contributed by atoms with Gasteiger partial charge in [-0.25, -0.2) is 8.42 Å². The molecule has 0 saturated carbocycles. The summed E-state index contributed by atoms with van der Waals surface area (Å²) in [6, 6.07) is 16.9. The summed E-state index contributed by atoms with van der Waals surface area (Å²) in [4.78, 5) is 4.32. The molecular weight excluding hydrogens is 420 g/mol. The first-order chi connectivity index (χ1) is 15.4. The van der Waals surface area contributed by atoms with Gasteiger partial charge < -0.3 is 0 Å². The number of sulfonamides is 1. The Labute approximate surface area is 189 Å². The summed E-state index contributed by atoms with van der Waals surface area (Å²) in [7, 11) is -3.72. The number of aromatic nitrogens is 3. The Hall–Kier alpha value is -3.19. The van der Waals surface area contributed by atoms with Crippen LogP contribution in [-0.2, 0) is 23.0 Å². The molecule has 0 aliphatic rings. The molecule has 166 valence electrons. The number of hydrogen-bond acceptors (Lipinski definition) is 4. The molecule has 0 saturated heterocycles. The number of anilines is 1. The van der Waals surface area contributed by atoms with E-state index in [1.165, 1.54) is 9.87 Å². The van der Waals surface area contributed by atoms with E-state index >= 15 is 0 Å². The predicted octanol–water partition coefficient (Wildman–Crippen LogP) is 4.89. The summed E-state index contributed by atoms with van der Waals surface area (Å²) in [6.07, 6.45) is 6.14.